The summed E-state index contributed by atoms with van der Waals surface area (Å²) in [4.78, 5) is 8.12. The minimum absolute atomic E-state index is 0. The smallest absolute Gasteiger partial charge is 0.366 e. The predicted molar refractivity (Wildman–Crippen MR) is 186 cm³/mol. The van der Waals surface area contributed by atoms with Crippen molar-refractivity contribution < 1.29 is 44.8 Å². The maximum absolute atomic E-state index is 7.18. The van der Waals surface area contributed by atoms with Crippen molar-refractivity contribution in [2.24, 2.45) is 14.1 Å². The largest absolute Gasteiger partial charge is 1.00 e. The van der Waals surface area contributed by atoms with E-state index in [2.05, 4.69) is 88.4 Å². The fraction of sp³-hybridized carbons (Fsp3) is 0.122. The van der Waals surface area contributed by atoms with Crippen LogP contribution in [-0.4, -0.2) is 19.1 Å². The van der Waals surface area contributed by atoms with Gasteiger partial charge in [-0.1, -0.05) is 61.5 Å². The molecule has 4 heterocycles. The van der Waals surface area contributed by atoms with Crippen molar-refractivity contribution in [1.29, 1.82) is 0 Å². The van der Waals surface area contributed by atoms with Crippen molar-refractivity contribution in [2.75, 3.05) is 0 Å². The van der Waals surface area contributed by atoms with E-state index in [1.54, 1.807) is 12.4 Å². The van der Waals surface area contributed by atoms with Gasteiger partial charge in [-0.15, -0.1) is 23.8 Å². The molecule has 0 fully saturated rings. The number of rotatable bonds is 3. The number of para-hydroxylation sites is 2. The summed E-state index contributed by atoms with van der Waals surface area (Å²) < 4.78 is 4.36. The number of benzene rings is 3. The minimum atomic E-state index is 0. The van der Waals surface area contributed by atoms with E-state index in [0.717, 1.165) is 17.6 Å². The molecule has 0 amide bonds. The molecule has 7 rings (SSSR count). The van der Waals surface area contributed by atoms with Gasteiger partial charge in [0.25, 0.3) is 0 Å². The van der Waals surface area contributed by atoms with Crippen molar-refractivity contribution in [2.45, 2.75) is 20.3 Å². The Bertz CT molecular complexity index is 2160. The Hall–Kier alpha value is -4.36. The van der Waals surface area contributed by atoms with Gasteiger partial charge >= 0.3 is 44.8 Å². The van der Waals surface area contributed by atoms with E-state index < -0.39 is 0 Å². The fourth-order valence-electron chi connectivity index (χ4n) is 5.47. The van der Waals surface area contributed by atoms with Crippen LogP contribution in [0.5, 0.6) is 0 Å². The van der Waals surface area contributed by atoms with Gasteiger partial charge in [0.15, 0.2) is 0 Å². The van der Waals surface area contributed by atoms with Crippen LogP contribution in [-0.2, 0) is 65.3 Å². The molecule has 0 aliphatic rings. The Balaban J connectivity index is 0.000000189. The monoisotopic (exact) mass is 976 g/mol. The average molecular weight is 977 g/mol. The Morgan fingerprint density at radius 2 is 1.26 bits per heavy atom. The summed E-state index contributed by atoms with van der Waals surface area (Å²) in [6, 6.07) is 30.7. The maximum atomic E-state index is 7.18. The average Bonchev–Trinajstić information content (AvgIpc) is 3.51. The SMILES string of the molecule is [Au+].[Au+].[C-]#C/C(C)=C/c1c(C)n(C)c2ccccc12.[C-]#Cc1ccc2c(c1)c1ccccc1n2C.c1cncc(Cc2cccnc2)c1. The molecule has 7 aromatic rings. The second-order valence-corrected chi connectivity index (χ2v) is 10.9. The van der Waals surface area contributed by atoms with E-state index in [1.807, 2.05) is 80.0 Å². The van der Waals surface area contributed by atoms with Crippen LogP contribution in [0.2, 0.25) is 0 Å². The van der Waals surface area contributed by atoms with E-state index in [9.17, 15) is 0 Å². The second kappa shape index (κ2) is 17.5. The molecule has 0 unspecified atom stereocenters. The molecule has 4 aromatic heterocycles. The first kappa shape index (κ1) is 37.1. The number of pyridine rings is 2. The van der Waals surface area contributed by atoms with Crippen LogP contribution in [0, 0.1) is 31.6 Å². The molecule has 0 aliphatic carbocycles. The number of nitrogens with zero attached hydrogens (tertiary/aromatic N) is 4. The van der Waals surface area contributed by atoms with Gasteiger partial charge in [-0.25, -0.2) is 0 Å². The van der Waals surface area contributed by atoms with Gasteiger partial charge in [-0.05, 0) is 53.3 Å². The van der Waals surface area contributed by atoms with Crippen molar-refractivity contribution in [1.82, 2.24) is 19.1 Å². The van der Waals surface area contributed by atoms with E-state index in [4.69, 9.17) is 12.8 Å². The summed E-state index contributed by atoms with van der Waals surface area (Å²) in [7, 11) is 4.14. The van der Waals surface area contributed by atoms with Crippen molar-refractivity contribution in [3.8, 4) is 11.8 Å². The summed E-state index contributed by atoms with van der Waals surface area (Å²) in [5.41, 5.74) is 10.2. The zero-order chi connectivity index (χ0) is 31.8. The molecule has 0 N–H and O–H groups in total. The van der Waals surface area contributed by atoms with E-state index in [1.165, 1.54) is 55.1 Å². The molecule has 0 aliphatic heterocycles. The van der Waals surface area contributed by atoms with Gasteiger partial charge in [-0.3, -0.25) is 21.8 Å². The number of fused-ring (bicyclic) bond motifs is 4. The van der Waals surface area contributed by atoms with Crippen LogP contribution in [0.1, 0.15) is 34.9 Å². The first-order valence-electron chi connectivity index (χ1n) is 14.7. The standard InChI is InChI=1S/C15H10N.C15H14N.C11H10N2.2Au/c1-3-11-8-9-15-13(10-11)12-6-4-5-7-14(12)16(15)2;1-5-11(2)10-14-12(3)16(4)15-9-7-6-8-13(14)15;1-3-10(8-12-5-1)7-11-4-2-6-13-9-11;;/h4-10H,2H3;6-10H,2-4H3;1-6,8-9H,7H2;;/q2*-1;;2*+1/b;11-10+;;;. The van der Waals surface area contributed by atoms with Crippen LogP contribution in [0.25, 0.3) is 38.8 Å². The third-order valence-electron chi connectivity index (χ3n) is 7.92. The summed E-state index contributed by atoms with van der Waals surface area (Å²) >= 11 is 0. The molecule has 0 bridgehead atoms. The number of hydrogen-bond acceptors (Lipinski definition) is 2. The van der Waals surface area contributed by atoms with Crippen LogP contribution >= 0.6 is 0 Å². The van der Waals surface area contributed by atoms with E-state index >= 15 is 0 Å². The number of hydrogen-bond donors (Lipinski definition) is 0. The number of aromatic nitrogens is 4. The van der Waals surface area contributed by atoms with Gasteiger partial charge in [0, 0.05) is 78.3 Å². The molecule has 3 aromatic carbocycles. The van der Waals surface area contributed by atoms with Crippen molar-refractivity contribution in [3.05, 3.63) is 162 Å². The van der Waals surface area contributed by atoms with Crippen LogP contribution in [0.3, 0.4) is 0 Å². The molecule has 4 nitrogen and oxygen atoms in total. The quantitative estimate of drug-likeness (QED) is 0.101. The summed E-state index contributed by atoms with van der Waals surface area (Å²) in [6.07, 6.45) is 24.6. The molecule has 0 radical (unpaired) electrons. The normalized spacial score (nSPS) is 10.4. The van der Waals surface area contributed by atoms with E-state index in [-0.39, 0.29) is 44.8 Å². The minimum Gasteiger partial charge on any atom is -0.366 e. The molecule has 6 heteroatoms. The van der Waals surface area contributed by atoms with Crippen molar-refractivity contribution in [3.63, 3.8) is 0 Å². The molecule has 0 atom stereocenters. The molecule has 240 valence electrons. The van der Waals surface area contributed by atoms with Gasteiger partial charge in [-0.2, -0.15) is 5.57 Å². The number of allylic oxidation sites excluding steroid dienone is 1. The maximum Gasteiger partial charge on any atom is 1.00 e. The van der Waals surface area contributed by atoms with Gasteiger partial charge in [0.05, 0.1) is 0 Å². The topological polar surface area (TPSA) is 35.6 Å². The van der Waals surface area contributed by atoms with Crippen LogP contribution in [0.4, 0.5) is 0 Å². The Kier molecular flexibility index (Phi) is 13.8. The summed E-state index contributed by atoms with van der Waals surface area (Å²) in [5.74, 6) is 4.85. The third-order valence-corrected chi connectivity index (χ3v) is 7.92. The Morgan fingerprint density at radius 1 is 0.702 bits per heavy atom. The molecule has 0 saturated carbocycles. The first-order chi connectivity index (χ1) is 21.9. The fourth-order valence-corrected chi connectivity index (χ4v) is 5.47. The van der Waals surface area contributed by atoms with Gasteiger partial charge < -0.3 is 22.0 Å². The summed E-state index contributed by atoms with van der Waals surface area (Å²) in [6.45, 7) is 4.00. The van der Waals surface area contributed by atoms with E-state index in [0.29, 0.717) is 0 Å². The molecule has 47 heavy (non-hydrogen) atoms. The molecular weight excluding hydrogens is 942 g/mol. The zero-order valence-electron chi connectivity index (χ0n) is 26.6. The number of aryl methyl sites for hydroxylation is 2. The predicted octanol–water partition coefficient (Wildman–Crippen LogP) is 8.81. The van der Waals surface area contributed by atoms with Crippen LogP contribution < -0.4 is 0 Å². The molecule has 0 spiro atoms. The zero-order valence-corrected chi connectivity index (χ0v) is 31.0. The van der Waals surface area contributed by atoms with Gasteiger partial charge in [0.2, 0.25) is 0 Å². The second-order valence-electron chi connectivity index (χ2n) is 10.9. The summed E-state index contributed by atoms with van der Waals surface area (Å²) in [5, 5.41) is 3.66. The van der Waals surface area contributed by atoms with Crippen molar-refractivity contribution >= 4 is 38.8 Å². The molecule has 0 saturated heterocycles. The van der Waals surface area contributed by atoms with Gasteiger partial charge in [0.1, 0.15) is 0 Å². The first-order valence-corrected chi connectivity index (χ1v) is 14.7. The third kappa shape index (κ3) is 8.72. The Morgan fingerprint density at radius 3 is 1.81 bits per heavy atom. The Labute approximate surface area is 309 Å². The molecular formula is C41H34Au2N4. The van der Waals surface area contributed by atoms with Crippen LogP contribution in [0.15, 0.2) is 121 Å².